The van der Waals surface area contributed by atoms with Crippen LogP contribution in [-0.2, 0) is 9.53 Å². The SMILES string of the molecule is CCN(CC(=O)Nc1cccc(OCCOC)c1)c1ccccc1. The second-order valence-electron chi connectivity index (χ2n) is 5.27. The lowest BCUT2D eigenvalue weighted by Gasteiger charge is -2.22. The van der Waals surface area contributed by atoms with Crippen LogP contribution in [0.3, 0.4) is 0 Å². The third-order valence-corrected chi connectivity index (χ3v) is 3.51. The molecule has 0 atom stereocenters. The molecule has 2 rings (SSSR count). The first kappa shape index (κ1) is 17.8. The van der Waals surface area contributed by atoms with E-state index in [4.69, 9.17) is 9.47 Å². The summed E-state index contributed by atoms with van der Waals surface area (Å²) in [7, 11) is 1.63. The number of nitrogens with zero attached hydrogens (tertiary/aromatic N) is 1. The van der Waals surface area contributed by atoms with Crippen LogP contribution < -0.4 is 15.0 Å². The molecular weight excluding hydrogens is 304 g/mol. The number of methoxy groups -OCH3 is 1. The monoisotopic (exact) mass is 328 g/mol. The van der Waals surface area contributed by atoms with Crippen molar-refractivity contribution in [3.8, 4) is 5.75 Å². The van der Waals surface area contributed by atoms with Gasteiger partial charge in [0, 0.05) is 31.1 Å². The van der Waals surface area contributed by atoms with E-state index in [-0.39, 0.29) is 5.91 Å². The second kappa shape index (κ2) is 9.57. The van der Waals surface area contributed by atoms with Crippen molar-refractivity contribution in [2.45, 2.75) is 6.92 Å². The molecule has 0 radical (unpaired) electrons. The van der Waals surface area contributed by atoms with Gasteiger partial charge in [-0.2, -0.15) is 0 Å². The Morgan fingerprint density at radius 1 is 1.08 bits per heavy atom. The molecule has 0 heterocycles. The van der Waals surface area contributed by atoms with Gasteiger partial charge < -0.3 is 19.7 Å². The highest BCUT2D eigenvalue weighted by Crippen LogP contribution is 2.18. The summed E-state index contributed by atoms with van der Waals surface area (Å²) in [6, 6.07) is 17.3. The molecule has 1 amide bonds. The molecule has 0 aromatic heterocycles. The van der Waals surface area contributed by atoms with Crippen molar-refractivity contribution in [2.75, 3.05) is 43.6 Å². The fraction of sp³-hybridized carbons (Fsp3) is 0.316. The topological polar surface area (TPSA) is 50.8 Å². The lowest BCUT2D eigenvalue weighted by Crippen LogP contribution is -2.33. The zero-order valence-electron chi connectivity index (χ0n) is 14.2. The van der Waals surface area contributed by atoms with Gasteiger partial charge in [-0.25, -0.2) is 0 Å². The van der Waals surface area contributed by atoms with Gasteiger partial charge in [-0.15, -0.1) is 0 Å². The molecule has 0 unspecified atom stereocenters. The summed E-state index contributed by atoms with van der Waals surface area (Å²) in [6.45, 7) is 4.10. The molecule has 2 aromatic carbocycles. The van der Waals surface area contributed by atoms with E-state index in [0.29, 0.717) is 25.5 Å². The standard InChI is InChI=1S/C19H24N2O3/c1-3-21(17-9-5-4-6-10-17)15-19(22)20-16-8-7-11-18(14-16)24-13-12-23-2/h4-11,14H,3,12-13,15H2,1-2H3,(H,20,22). The number of anilines is 2. The van der Waals surface area contributed by atoms with Gasteiger partial charge in [-0.05, 0) is 31.2 Å². The van der Waals surface area contributed by atoms with Crippen molar-refractivity contribution in [1.29, 1.82) is 0 Å². The Morgan fingerprint density at radius 3 is 2.58 bits per heavy atom. The molecule has 1 N–H and O–H groups in total. The van der Waals surface area contributed by atoms with Crippen molar-refractivity contribution in [3.63, 3.8) is 0 Å². The number of rotatable bonds is 9. The lowest BCUT2D eigenvalue weighted by molar-refractivity contribution is -0.115. The highest BCUT2D eigenvalue weighted by atomic mass is 16.5. The van der Waals surface area contributed by atoms with Gasteiger partial charge in [-0.3, -0.25) is 4.79 Å². The molecule has 128 valence electrons. The average Bonchev–Trinajstić information content (AvgIpc) is 2.61. The smallest absolute Gasteiger partial charge is 0.243 e. The highest BCUT2D eigenvalue weighted by Gasteiger charge is 2.10. The van der Waals surface area contributed by atoms with Gasteiger partial charge in [0.1, 0.15) is 12.4 Å². The Balaban J connectivity index is 1.92. The lowest BCUT2D eigenvalue weighted by atomic mass is 10.2. The van der Waals surface area contributed by atoms with E-state index in [1.54, 1.807) is 7.11 Å². The minimum atomic E-state index is -0.0604. The molecular formula is C19H24N2O3. The van der Waals surface area contributed by atoms with E-state index in [9.17, 15) is 4.79 Å². The van der Waals surface area contributed by atoms with E-state index in [1.165, 1.54) is 0 Å². The zero-order valence-corrected chi connectivity index (χ0v) is 14.2. The predicted molar refractivity (Wildman–Crippen MR) is 96.8 cm³/mol. The van der Waals surface area contributed by atoms with Crippen molar-refractivity contribution in [3.05, 3.63) is 54.6 Å². The maximum Gasteiger partial charge on any atom is 0.243 e. The van der Waals surface area contributed by atoms with Crippen molar-refractivity contribution >= 4 is 17.3 Å². The molecule has 0 aliphatic heterocycles. The van der Waals surface area contributed by atoms with Gasteiger partial charge in [-0.1, -0.05) is 24.3 Å². The van der Waals surface area contributed by atoms with Crippen LogP contribution in [0, 0.1) is 0 Å². The molecule has 0 saturated carbocycles. The first-order chi connectivity index (χ1) is 11.7. The van der Waals surface area contributed by atoms with Crippen LogP contribution in [0.15, 0.2) is 54.6 Å². The van der Waals surface area contributed by atoms with Crippen LogP contribution in [0.5, 0.6) is 5.75 Å². The molecule has 5 heteroatoms. The third-order valence-electron chi connectivity index (χ3n) is 3.51. The van der Waals surface area contributed by atoms with Gasteiger partial charge in [0.05, 0.1) is 13.2 Å². The molecule has 0 aliphatic rings. The van der Waals surface area contributed by atoms with E-state index in [0.717, 1.165) is 17.9 Å². The molecule has 0 bridgehead atoms. The van der Waals surface area contributed by atoms with Crippen molar-refractivity contribution in [1.82, 2.24) is 0 Å². The Bertz CT molecular complexity index is 632. The number of nitrogens with one attached hydrogen (secondary N) is 1. The molecule has 0 spiro atoms. The molecule has 0 fully saturated rings. The maximum absolute atomic E-state index is 12.3. The second-order valence-corrected chi connectivity index (χ2v) is 5.27. The van der Waals surface area contributed by atoms with E-state index in [2.05, 4.69) is 5.32 Å². The summed E-state index contributed by atoms with van der Waals surface area (Å²) in [5, 5.41) is 2.92. The van der Waals surface area contributed by atoms with E-state index in [1.807, 2.05) is 66.4 Å². The number of hydrogen-bond acceptors (Lipinski definition) is 4. The summed E-state index contributed by atoms with van der Waals surface area (Å²) >= 11 is 0. The number of carbonyl (C=O) groups excluding carboxylic acids is 1. The normalized spacial score (nSPS) is 10.2. The van der Waals surface area contributed by atoms with Crippen LogP contribution >= 0.6 is 0 Å². The minimum absolute atomic E-state index is 0.0604. The molecule has 5 nitrogen and oxygen atoms in total. The highest BCUT2D eigenvalue weighted by molar-refractivity contribution is 5.94. The quantitative estimate of drug-likeness (QED) is 0.718. The van der Waals surface area contributed by atoms with E-state index >= 15 is 0 Å². The zero-order chi connectivity index (χ0) is 17.2. The molecule has 0 aliphatic carbocycles. The average molecular weight is 328 g/mol. The Kier molecular flexibility index (Phi) is 7.11. The Morgan fingerprint density at radius 2 is 1.88 bits per heavy atom. The first-order valence-electron chi connectivity index (χ1n) is 8.04. The van der Waals surface area contributed by atoms with Crippen LogP contribution in [0.25, 0.3) is 0 Å². The van der Waals surface area contributed by atoms with Crippen LogP contribution in [0.2, 0.25) is 0 Å². The van der Waals surface area contributed by atoms with Crippen molar-refractivity contribution in [2.24, 2.45) is 0 Å². The van der Waals surface area contributed by atoms with E-state index < -0.39 is 0 Å². The van der Waals surface area contributed by atoms with Crippen LogP contribution in [-0.4, -0.2) is 39.3 Å². The maximum atomic E-state index is 12.3. The number of carbonyl (C=O) groups is 1. The number of amides is 1. The summed E-state index contributed by atoms with van der Waals surface area (Å²) in [6.07, 6.45) is 0. The number of benzene rings is 2. The number of hydrogen-bond donors (Lipinski definition) is 1. The van der Waals surface area contributed by atoms with Gasteiger partial charge in [0.25, 0.3) is 0 Å². The Hall–Kier alpha value is -2.53. The van der Waals surface area contributed by atoms with Gasteiger partial charge in [0.2, 0.25) is 5.91 Å². The molecule has 2 aromatic rings. The molecule has 24 heavy (non-hydrogen) atoms. The fourth-order valence-electron chi connectivity index (χ4n) is 2.30. The number of likely N-dealkylation sites (N-methyl/N-ethyl adjacent to an activating group) is 1. The Labute approximate surface area is 143 Å². The van der Waals surface area contributed by atoms with Gasteiger partial charge in [0.15, 0.2) is 0 Å². The predicted octanol–water partition coefficient (Wildman–Crippen LogP) is 3.18. The summed E-state index contributed by atoms with van der Waals surface area (Å²) in [5.41, 5.74) is 1.76. The summed E-state index contributed by atoms with van der Waals surface area (Å²) < 4.78 is 10.5. The number of para-hydroxylation sites is 1. The summed E-state index contributed by atoms with van der Waals surface area (Å²) in [4.78, 5) is 14.3. The number of ether oxygens (including phenoxy) is 2. The molecule has 0 saturated heterocycles. The fourth-order valence-corrected chi connectivity index (χ4v) is 2.30. The largest absolute Gasteiger partial charge is 0.491 e. The van der Waals surface area contributed by atoms with Crippen LogP contribution in [0.1, 0.15) is 6.92 Å². The van der Waals surface area contributed by atoms with Crippen LogP contribution in [0.4, 0.5) is 11.4 Å². The van der Waals surface area contributed by atoms with Gasteiger partial charge >= 0.3 is 0 Å². The van der Waals surface area contributed by atoms with Crippen molar-refractivity contribution < 1.29 is 14.3 Å². The first-order valence-corrected chi connectivity index (χ1v) is 8.04. The third kappa shape index (κ3) is 5.59. The summed E-state index contributed by atoms with van der Waals surface area (Å²) in [5.74, 6) is 0.648. The minimum Gasteiger partial charge on any atom is -0.491 e.